The molecule has 2 N–H and O–H groups in total. The molecule has 3 rings (SSSR count). The third kappa shape index (κ3) is 1.90. The van der Waals surface area contributed by atoms with Gasteiger partial charge in [-0.1, -0.05) is 54.6 Å². The molecule has 1 unspecified atom stereocenters. The van der Waals surface area contributed by atoms with Crippen LogP contribution in [-0.4, -0.2) is 0 Å². The number of rotatable bonds is 1. The van der Waals surface area contributed by atoms with Gasteiger partial charge in [-0.25, -0.2) is 0 Å². The molecule has 0 saturated carbocycles. The van der Waals surface area contributed by atoms with Gasteiger partial charge in [0.1, 0.15) is 0 Å². The molecule has 1 aliphatic rings. The summed E-state index contributed by atoms with van der Waals surface area (Å²) in [6.45, 7) is 0. The molecule has 0 fully saturated rings. The minimum Gasteiger partial charge on any atom is -0.397 e. The van der Waals surface area contributed by atoms with Gasteiger partial charge >= 0.3 is 0 Å². The smallest absolute Gasteiger partial charge is 0.0975 e. The monoisotopic (exact) mass is 246 g/mol. The number of nitrogens with two attached hydrogens (primary N) is 1. The lowest BCUT2D eigenvalue weighted by atomic mass is 9.78. The first-order chi connectivity index (χ1) is 9.31. The Morgan fingerprint density at radius 3 is 2.42 bits per heavy atom. The molecule has 2 aromatic rings. The van der Waals surface area contributed by atoms with E-state index in [4.69, 9.17) is 5.73 Å². The summed E-state index contributed by atoms with van der Waals surface area (Å²) in [7, 11) is 0. The number of nitriles is 1. The van der Waals surface area contributed by atoms with E-state index in [-0.39, 0.29) is 5.92 Å². The number of hydrogen-bond donors (Lipinski definition) is 1. The zero-order chi connectivity index (χ0) is 13.2. The molecule has 0 amide bonds. The highest BCUT2D eigenvalue weighted by molar-refractivity contribution is 5.75. The fraction of sp³-hybridized carbons (Fsp3) is 0.118. The molecular formula is C17H14N2. The van der Waals surface area contributed by atoms with Crippen molar-refractivity contribution in [3.05, 3.63) is 76.9 Å². The maximum Gasteiger partial charge on any atom is 0.0975 e. The first kappa shape index (κ1) is 11.6. The van der Waals surface area contributed by atoms with E-state index < -0.39 is 0 Å². The largest absolute Gasteiger partial charge is 0.397 e. The fourth-order valence-corrected chi connectivity index (χ4v) is 2.72. The van der Waals surface area contributed by atoms with E-state index in [0.717, 1.165) is 17.5 Å². The SMILES string of the molecule is N#CC1=C(N)c2ccccc2CC1c1ccccc1. The van der Waals surface area contributed by atoms with E-state index in [0.29, 0.717) is 11.3 Å². The Bertz CT molecular complexity index is 678. The highest BCUT2D eigenvalue weighted by atomic mass is 14.6. The van der Waals surface area contributed by atoms with Crippen molar-refractivity contribution in [1.82, 2.24) is 0 Å². The molecule has 2 nitrogen and oxygen atoms in total. The Balaban J connectivity index is 2.16. The maximum absolute atomic E-state index is 9.43. The van der Waals surface area contributed by atoms with Crippen molar-refractivity contribution in [1.29, 1.82) is 5.26 Å². The van der Waals surface area contributed by atoms with Gasteiger partial charge in [0.2, 0.25) is 0 Å². The van der Waals surface area contributed by atoms with Crippen LogP contribution in [0, 0.1) is 11.3 Å². The van der Waals surface area contributed by atoms with Gasteiger partial charge in [-0.05, 0) is 17.5 Å². The Labute approximate surface area is 112 Å². The minimum absolute atomic E-state index is 0.0705. The zero-order valence-corrected chi connectivity index (χ0v) is 10.5. The first-order valence-corrected chi connectivity index (χ1v) is 6.34. The van der Waals surface area contributed by atoms with Gasteiger partial charge in [0.25, 0.3) is 0 Å². The average molecular weight is 246 g/mol. The number of fused-ring (bicyclic) bond motifs is 1. The van der Waals surface area contributed by atoms with Crippen molar-refractivity contribution in [2.24, 2.45) is 5.73 Å². The van der Waals surface area contributed by atoms with Crippen LogP contribution in [0.15, 0.2) is 60.2 Å². The minimum atomic E-state index is 0.0705. The number of nitrogens with zero attached hydrogens (tertiary/aromatic N) is 1. The Morgan fingerprint density at radius 1 is 1.00 bits per heavy atom. The van der Waals surface area contributed by atoms with E-state index in [9.17, 15) is 5.26 Å². The molecule has 0 heterocycles. The van der Waals surface area contributed by atoms with Gasteiger partial charge in [0.15, 0.2) is 0 Å². The second-order valence-electron chi connectivity index (χ2n) is 4.76. The van der Waals surface area contributed by atoms with E-state index in [1.807, 2.05) is 36.4 Å². The van der Waals surface area contributed by atoms with Crippen molar-refractivity contribution in [2.45, 2.75) is 12.3 Å². The van der Waals surface area contributed by atoms with Crippen molar-refractivity contribution >= 4 is 5.70 Å². The average Bonchev–Trinajstić information content (AvgIpc) is 2.48. The predicted molar refractivity (Wildman–Crippen MR) is 76.0 cm³/mol. The molecule has 0 saturated heterocycles. The van der Waals surface area contributed by atoms with Crippen LogP contribution >= 0.6 is 0 Å². The van der Waals surface area contributed by atoms with Crippen molar-refractivity contribution < 1.29 is 0 Å². The van der Waals surface area contributed by atoms with Crippen LogP contribution in [0.4, 0.5) is 0 Å². The number of hydrogen-bond acceptors (Lipinski definition) is 2. The van der Waals surface area contributed by atoms with Gasteiger partial charge < -0.3 is 5.73 Å². The summed E-state index contributed by atoms with van der Waals surface area (Å²) in [5, 5.41) is 9.43. The lowest BCUT2D eigenvalue weighted by molar-refractivity contribution is 0.790. The second-order valence-corrected chi connectivity index (χ2v) is 4.76. The van der Waals surface area contributed by atoms with Crippen LogP contribution in [0.25, 0.3) is 5.70 Å². The fourth-order valence-electron chi connectivity index (χ4n) is 2.72. The van der Waals surface area contributed by atoms with E-state index >= 15 is 0 Å². The van der Waals surface area contributed by atoms with Crippen LogP contribution in [0.5, 0.6) is 0 Å². The topological polar surface area (TPSA) is 49.8 Å². The molecule has 0 aliphatic heterocycles. The summed E-state index contributed by atoms with van der Waals surface area (Å²) < 4.78 is 0. The lowest BCUT2D eigenvalue weighted by Gasteiger charge is -2.25. The summed E-state index contributed by atoms with van der Waals surface area (Å²) in [4.78, 5) is 0. The second kappa shape index (κ2) is 4.62. The Morgan fingerprint density at radius 2 is 1.68 bits per heavy atom. The van der Waals surface area contributed by atoms with Crippen LogP contribution in [0.2, 0.25) is 0 Å². The van der Waals surface area contributed by atoms with Gasteiger partial charge in [0, 0.05) is 11.5 Å². The predicted octanol–water partition coefficient (Wildman–Crippen LogP) is 3.22. The molecule has 1 aliphatic carbocycles. The van der Waals surface area contributed by atoms with Crippen LogP contribution in [-0.2, 0) is 6.42 Å². The Hall–Kier alpha value is -2.53. The quantitative estimate of drug-likeness (QED) is 0.839. The van der Waals surface area contributed by atoms with Crippen molar-refractivity contribution in [2.75, 3.05) is 0 Å². The molecule has 92 valence electrons. The molecular weight excluding hydrogens is 232 g/mol. The number of allylic oxidation sites excluding steroid dienone is 1. The summed E-state index contributed by atoms with van der Waals surface area (Å²) in [6, 6.07) is 20.5. The zero-order valence-electron chi connectivity index (χ0n) is 10.5. The number of benzene rings is 2. The van der Waals surface area contributed by atoms with Crippen LogP contribution < -0.4 is 5.73 Å². The third-order valence-corrected chi connectivity index (χ3v) is 3.69. The molecule has 2 heteroatoms. The van der Waals surface area contributed by atoms with Crippen LogP contribution in [0.3, 0.4) is 0 Å². The lowest BCUT2D eigenvalue weighted by Crippen LogP contribution is -2.18. The molecule has 0 spiro atoms. The first-order valence-electron chi connectivity index (χ1n) is 6.34. The molecule has 2 aromatic carbocycles. The normalized spacial score (nSPS) is 17.7. The van der Waals surface area contributed by atoms with E-state index in [2.05, 4.69) is 24.3 Å². The summed E-state index contributed by atoms with van der Waals surface area (Å²) in [5.74, 6) is 0.0705. The van der Waals surface area contributed by atoms with Crippen LogP contribution in [0.1, 0.15) is 22.6 Å². The van der Waals surface area contributed by atoms with Crippen molar-refractivity contribution in [3.8, 4) is 6.07 Å². The van der Waals surface area contributed by atoms with Crippen molar-refractivity contribution in [3.63, 3.8) is 0 Å². The molecule has 19 heavy (non-hydrogen) atoms. The van der Waals surface area contributed by atoms with E-state index in [1.165, 1.54) is 5.56 Å². The third-order valence-electron chi connectivity index (χ3n) is 3.69. The van der Waals surface area contributed by atoms with Gasteiger partial charge in [0.05, 0.1) is 17.3 Å². The Kier molecular flexibility index (Phi) is 2.81. The molecule has 0 bridgehead atoms. The highest BCUT2D eigenvalue weighted by Crippen LogP contribution is 2.37. The summed E-state index contributed by atoms with van der Waals surface area (Å²) in [6.07, 6.45) is 0.837. The highest BCUT2D eigenvalue weighted by Gasteiger charge is 2.26. The summed E-state index contributed by atoms with van der Waals surface area (Å²) >= 11 is 0. The van der Waals surface area contributed by atoms with Gasteiger partial charge in [-0.2, -0.15) is 5.26 Å². The maximum atomic E-state index is 9.43. The molecule has 1 atom stereocenters. The van der Waals surface area contributed by atoms with Gasteiger partial charge in [-0.15, -0.1) is 0 Å². The molecule has 0 radical (unpaired) electrons. The van der Waals surface area contributed by atoms with E-state index in [1.54, 1.807) is 0 Å². The summed E-state index contributed by atoms with van der Waals surface area (Å²) in [5.41, 5.74) is 10.9. The molecule has 0 aromatic heterocycles. The van der Waals surface area contributed by atoms with Gasteiger partial charge in [-0.3, -0.25) is 0 Å². The standard InChI is InChI=1S/C17H14N2/c18-11-16-15(12-6-2-1-3-7-12)10-13-8-4-5-9-14(13)17(16)19/h1-9,15H,10,19H2.